The molecule has 0 spiro atoms. The van der Waals surface area contributed by atoms with Gasteiger partial charge in [-0.2, -0.15) is 0 Å². The van der Waals surface area contributed by atoms with Gasteiger partial charge < -0.3 is 0 Å². The first-order valence-electron chi connectivity index (χ1n) is 4.96. The summed E-state index contributed by atoms with van der Waals surface area (Å²) >= 11 is 0. The first-order chi connectivity index (χ1) is 5.48. The van der Waals surface area contributed by atoms with Gasteiger partial charge in [-0.05, 0) is 26.2 Å². The van der Waals surface area contributed by atoms with Crippen LogP contribution >= 0.6 is 0 Å². The zero-order valence-corrected chi connectivity index (χ0v) is 8.98. The van der Waals surface area contributed by atoms with Gasteiger partial charge in [0.25, 0.3) is 0 Å². The second kappa shape index (κ2) is 5.25. The fourth-order valence-electron chi connectivity index (χ4n) is 1.19. The summed E-state index contributed by atoms with van der Waals surface area (Å²) in [6.07, 6.45) is 10.5. The Bertz CT molecular complexity index is 146. The van der Waals surface area contributed by atoms with Crippen molar-refractivity contribution in [2.75, 3.05) is 0 Å². The molecule has 0 atom stereocenters. The highest BCUT2D eigenvalue weighted by Crippen LogP contribution is 2.22. The van der Waals surface area contributed by atoms with Gasteiger partial charge in [-0.1, -0.05) is 33.1 Å². The van der Waals surface area contributed by atoms with Crippen LogP contribution in [0.3, 0.4) is 0 Å². The second-order valence-electron chi connectivity index (χ2n) is 4.67. The predicted molar refractivity (Wildman–Crippen MR) is 55.9 cm³/mol. The average Bonchev–Trinajstić information content (AvgIpc) is 1.98. The highest BCUT2D eigenvalue weighted by molar-refractivity contribution is 4.99. The van der Waals surface area contributed by atoms with Gasteiger partial charge >= 0.3 is 0 Å². The molecule has 0 unspecified atom stereocenters. The Morgan fingerprint density at radius 3 is 2.25 bits per heavy atom. The van der Waals surface area contributed by atoms with Crippen LogP contribution in [0.2, 0.25) is 0 Å². The van der Waals surface area contributed by atoms with Crippen LogP contribution in [-0.2, 0) is 0 Å². The zero-order chi connectivity index (χ0) is 9.61. The Balaban J connectivity index is 3.39. The molecule has 0 heterocycles. The van der Waals surface area contributed by atoms with Crippen molar-refractivity contribution in [2.45, 2.75) is 53.4 Å². The van der Waals surface area contributed by atoms with E-state index in [4.69, 9.17) is 6.42 Å². The maximum atomic E-state index is 5.40. The molecule has 0 radical (unpaired) electrons. The topological polar surface area (TPSA) is 0 Å². The lowest BCUT2D eigenvalue weighted by Gasteiger charge is -2.16. The molecule has 0 nitrogen and oxygen atoms in total. The maximum Gasteiger partial charge on any atom is 0.0255 e. The van der Waals surface area contributed by atoms with E-state index in [2.05, 4.69) is 33.6 Å². The van der Waals surface area contributed by atoms with Crippen molar-refractivity contribution in [3.8, 4) is 12.3 Å². The minimum Gasteiger partial charge on any atom is -0.120 e. The smallest absolute Gasteiger partial charge is 0.0255 e. The van der Waals surface area contributed by atoms with Gasteiger partial charge in [0.15, 0.2) is 0 Å². The van der Waals surface area contributed by atoms with Gasteiger partial charge in [-0.3, -0.25) is 0 Å². The van der Waals surface area contributed by atoms with Crippen LogP contribution in [0.15, 0.2) is 0 Å². The van der Waals surface area contributed by atoms with Crippen LogP contribution < -0.4 is 0 Å². The third-order valence-corrected chi connectivity index (χ3v) is 2.22. The Labute approximate surface area is 77.8 Å². The molecule has 0 aromatic heterocycles. The second-order valence-corrected chi connectivity index (χ2v) is 4.67. The Kier molecular flexibility index (Phi) is 5.06. The quantitative estimate of drug-likeness (QED) is 0.430. The maximum absolute atomic E-state index is 5.40. The monoisotopic (exact) mass is 166 g/mol. The van der Waals surface area contributed by atoms with Gasteiger partial charge in [0.2, 0.25) is 0 Å². The van der Waals surface area contributed by atoms with Crippen molar-refractivity contribution in [1.29, 1.82) is 0 Å². The highest BCUT2D eigenvalue weighted by Gasteiger charge is 2.12. The van der Waals surface area contributed by atoms with Crippen LogP contribution in [-0.4, -0.2) is 0 Å². The lowest BCUT2D eigenvalue weighted by molar-refractivity contribution is 0.414. The normalized spacial score (nSPS) is 11.7. The third kappa shape index (κ3) is 6.28. The summed E-state index contributed by atoms with van der Waals surface area (Å²) in [6.45, 7) is 8.82. The predicted octanol–water partition coefficient (Wildman–Crippen LogP) is 3.86. The molecule has 0 aromatic rings. The largest absolute Gasteiger partial charge is 0.120 e. The third-order valence-electron chi connectivity index (χ3n) is 2.22. The van der Waals surface area contributed by atoms with Crippen LogP contribution in [0.5, 0.6) is 0 Å². The van der Waals surface area contributed by atoms with E-state index in [0.717, 1.165) is 12.3 Å². The van der Waals surface area contributed by atoms with Crippen LogP contribution in [0.25, 0.3) is 0 Å². The van der Waals surface area contributed by atoms with Gasteiger partial charge in [-0.15, -0.1) is 12.3 Å². The van der Waals surface area contributed by atoms with Crippen molar-refractivity contribution in [3.05, 3.63) is 0 Å². The first-order valence-corrected chi connectivity index (χ1v) is 4.96. The lowest BCUT2D eigenvalue weighted by atomic mass is 9.87. The molecule has 0 aromatic carbocycles. The fourth-order valence-corrected chi connectivity index (χ4v) is 1.19. The molecule has 0 saturated carbocycles. The van der Waals surface area contributed by atoms with E-state index >= 15 is 0 Å². The van der Waals surface area contributed by atoms with E-state index in [9.17, 15) is 0 Å². The Morgan fingerprint density at radius 2 is 1.83 bits per heavy atom. The lowest BCUT2D eigenvalue weighted by Crippen LogP contribution is -2.07. The zero-order valence-electron chi connectivity index (χ0n) is 8.98. The van der Waals surface area contributed by atoms with Crippen LogP contribution in [0.1, 0.15) is 53.4 Å². The van der Waals surface area contributed by atoms with Crippen molar-refractivity contribution < 1.29 is 0 Å². The summed E-state index contributed by atoms with van der Waals surface area (Å²) in [5.41, 5.74) is 0.108. The minimum absolute atomic E-state index is 0.108. The Morgan fingerprint density at radius 1 is 1.25 bits per heavy atom. The molecule has 12 heavy (non-hydrogen) atoms. The summed E-state index contributed by atoms with van der Waals surface area (Å²) < 4.78 is 0. The van der Waals surface area contributed by atoms with E-state index in [1.54, 1.807) is 0 Å². The van der Waals surface area contributed by atoms with E-state index in [1.807, 2.05) is 0 Å². The summed E-state index contributed by atoms with van der Waals surface area (Å²) in [6, 6.07) is 0. The molecule has 0 aliphatic carbocycles. The van der Waals surface area contributed by atoms with Crippen LogP contribution in [0, 0.1) is 23.7 Å². The average molecular weight is 166 g/mol. The summed E-state index contributed by atoms with van der Waals surface area (Å²) in [4.78, 5) is 0. The van der Waals surface area contributed by atoms with Gasteiger partial charge in [-0.25, -0.2) is 0 Å². The molecule has 70 valence electrons. The molecular formula is C12H22. The highest BCUT2D eigenvalue weighted by atomic mass is 14.2. The summed E-state index contributed by atoms with van der Waals surface area (Å²) in [5.74, 6) is 3.66. The molecule has 0 amide bonds. The van der Waals surface area contributed by atoms with E-state index < -0.39 is 0 Å². The molecule has 0 aliphatic rings. The summed E-state index contributed by atoms with van der Waals surface area (Å²) in [5, 5.41) is 0. The van der Waals surface area contributed by atoms with E-state index in [-0.39, 0.29) is 5.41 Å². The standard InChI is InChI=1S/C12H22/c1-6-12(4,5)10-8-7-9-11(2)3/h1,11H,7-10H2,2-5H3. The number of unbranched alkanes of at least 4 members (excludes halogenated alkanes) is 1. The van der Waals surface area contributed by atoms with Crippen molar-refractivity contribution in [2.24, 2.45) is 11.3 Å². The molecular weight excluding hydrogens is 144 g/mol. The van der Waals surface area contributed by atoms with Gasteiger partial charge in [0.05, 0.1) is 0 Å². The molecule has 0 bridgehead atoms. The summed E-state index contributed by atoms with van der Waals surface area (Å²) in [7, 11) is 0. The van der Waals surface area contributed by atoms with Gasteiger partial charge in [0.1, 0.15) is 0 Å². The van der Waals surface area contributed by atoms with Gasteiger partial charge in [0, 0.05) is 5.41 Å². The van der Waals surface area contributed by atoms with Crippen molar-refractivity contribution >= 4 is 0 Å². The molecule has 0 fully saturated rings. The Hall–Kier alpha value is -0.440. The molecule has 0 aliphatic heterocycles. The number of terminal acetylenes is 1. The molecule has 0 saturated heterocycles. The number of hydrogen-bond acceptors (Lipinski definition) is 0. The van der Waals surface area contributed by atoms with E-state index in [0.29, 0.717) is 0 Å². The van der Waals surface area contributed by atoms with Crippen LogP contribution in [0.4, 0.5) is 0 Å². The van der Waals surface area contributed by atoms with E-state index in [1.165, 1.54) is 19.3 Å². The van der Waals surface area contributed by atoms with Crippen molar-refractivity contribution in [3.63, 3.8) is 0 Å². The molecule has 0 heteroatoms. The number of hydrogen-bond donors (Lipinski definition) is 0. The molecule has 0 N–H and O–H groups in total. The minimum atomic E-state index is 0.108. The molecule has 0 rings (SSSR count). The fraction of sp³-hybridized carbons (Fsp3) is 0.833. The first kappa shape index (κ1) is 11.6. The number of rotatable bonds is 5. The van der Waals surface area contributed by atoms with Crippen molar-refractivity contribution in [1.82, 2.24) is 0 Å². The SMILES string of the molecule is C#CC(C)(C)CCCCC(C)C.